The first-order valence-electron chi connectivity index (χ1n) is 5.35. The van der Waals surface area contributed by atoms with Crippen molar-refractivity contribution in [2.75, 3.05) is 0 Å². The summed E-state index contributed by atoms with van der Waals surface area (Å²) in [7, 11) is 0. The number of H-pyrrole nitrogens is 2. The SMILES string of the molecule is Cc1nc2[nH]c(-c3ccnc(Cl)c3)cc2c(=O)[nH]1. The zero-order valence-corrected chi connectivity index (χ0v) is 10.2. The quantitative estimate of drug-likeness (QED) is 0.659. The summed E-state index contributed by atoms with van der Waals surface area (Å²) < 4.78 is 0. The maximum Gasteiger partial charge on any atom is 0.260 e. The number of nitrogens with one attached hydrogen (secondary N) is 2. The Balaban J connectivity index is 2.26. The fraction of sp³-hybridized carbons (Fsp3) is 0.0833. The van der Waals surface area contributed by atoms with Gasteiger partial charge in [0.1, 0.15) is 16.6 Å². The molecule has 0 aromatic carbocycles. The van der Waals surface area contributed by atoms with Gasteiger partial charge < -0.3 is 9.97 Å². The monoisotopic (exact) mass is 260 g/mol. The zero-order valence-electron chi connectivity index (χ0n) is 9.49. The Morgan fingerprint density at radius 1 is 1.28 bits per heavy atom. The molecule has 18 heavy (non-hydrogen) atoms. The molecule has 3 rings (SSSR count). The summed E-state index contributed by atoms with van der Waals surface area (Å²) in [4.78, 5) is 25.7. The predicted octanol–water partition coefficient (Wildman–Crippen LogP) is 2.28. The van der Waals surface area contributed by atoms with Crippen molar-refractivity contribution in [1.82, 2.24) is 19.9 Å². The van der Waals surface area contributed by atoms with Crippen LogP contribution in [-0.2, 0) is 0 Å². The summed E-state index contributed by atoms with van der Waals surface area (Å²) in [6.45, 7) is 1.74. The number of hydrogen-bond donors (Lipinski definition) is 2. The van der Waals surface area contributed by atoms with Crippen molar-refractivity contribution < 1.29 is 0 Å². The van der Waals surface area contributed by atoms with E-state index in [4.69, 9.17) is 11.6 Å². The molecule has 0 aliphatic rings. The number of fused-ring (bicyclic) bond motifs is 1. The number of rotatable bonds is 1. The van der Waals surface area contributed by atoms with Crippen LogP contribution in [0.3, 0.4) is 0 Å². The first-order chi connectivity index (χ1) is 8.63. The minimum absolute atomic E-state index is 0.153. The van der Waals surface area contributed by atoms with E-state index in [0.717, 1.165) is 11.3 Å². The van der Waals surface area contributed by atoms with Gasteiger partial charge in [0.25, 0.3) is 5.56 Å². The van der Waals surface area contributed by atoms with Crippen LogP contribution in [0.2, 0.25) is 5.15 Å². The molecule has 5 nitrogen and oxygen atoms in total. The first-order valence-corrected chi connectivity index (χ1v) is 5.73. The summed E-state index contributed by atoms with van der Waals surface area (Å²) in [5, 5.41) is 0.938. The highest BCUT2D eigenvalue weighted by atomic mass is 35.5. The number of nitrogens with zero attached hydrogens (tertiary/aromatic N) is 2. The van der Waals surface area contributed by atoms with Crippen LogP contribution in [-0.4, -0.2) is 19.9 Å². The van der Waals surface area contributed by atoms with Gasteiger partial charge in [0.05, 0.1) is 5.39 Å². The second-order valence-electron chi connectivity index (χ2n) is 3.96. The minimum atomic E-state index is -0.153. The Morgan fingerprint density at radius 2 is 2.11 bits per heavy atom. The third-order valence-electron chi connectivity index (χ3n) is 2.65. The number of aryl methyl sites for hydroxylation is 1. The third-order valence-corrected chi connectivity index (χ3v) is 2.86. The van der Waals surface area contributed by atoms with E-state index in [1.54, 1.807) is 25.3 Å². The molecule has 0 atom stereocenters. The van der Waals surface area contributed by atoms with E-state index in [1.165, 1.54) is 0 Å². The van der Waals surface area contributed by atoms with E-state index in [0.29, 0.717) is 22.0 Å². The molecule has 0 amide bonds. The molecule has 3 heterocycles. The number of pyridine rings is 1. The first kappa shape index (κ1) is 11.0. The van der Waals surface area contributed by atoms with Gasteiger partial charge in [-0.3, -0.25) is 4.79 Å². The minimum Gasteiger partial charge on any atom is -0.339 e. The van der Waals surface area contributed by atoms with Gasteiger partial charge in [-0.05, 0) is 25.1 Å². The Morgan fingerprint density at radius 3 is 2.89 bits per heavy atom. The van der Waals surface area contributed by atoms with Gasteiger partial charge >= 0.3 is 0 Å². The van der Waals surface area contributed by atoms with E-state index in [-0.39, 0.29) is 5.56 Å². The fourth-order valence-electron chi connectivity index (χ4n) is 1.86. The molecule has 0 bridgehead atoms. The maximum atomic E-state index is 11.8. The molecule has 90 valence electrons. The van der Waals surface area contributed by atoms with E-state index in [1.807, 2.05) is 6.07 Å². The topological polar surface area (TPSA) is 74.4 Å². The Labute approximate surface area is 107 Å². The summed E-state index contributed by atoms with van der Waals surface area (Å²) in [5.74, 6) is 0.577. The van der Waals surface area contributed by atoms with Gasteiger partial charge in [-0.25, -0.2) is 9.97 Å². The maximum absolute atomic E-state index is 11.8. The van der Waals surface area contributed by atoms with Crippen molar-refractivity contribution in [2.24, 2.45) is 0 Å². The molecule has 2 N–H and O–H groups in total. The van der Waals surface area contributed by atoms with E-state index >= 15 is 0 Å². The largest absolute Gasteiger partial charge is 0.339 e. The van der Waals surface area contributed by atoms with Gasteiger partial charge in [-0.15, -0.1) is 0 Å². The fourth-order valence-corrected chi connectivity index (χ4v) is 2.03. The van der Waals surface area contributed by atoms with Crippen molar-refractivity contribution in [3.63, 3.8) is 0 Å². The third kappa shape index (κ3) is 1.78. The average Bonchev–Trinajstić information content (AvgIpc) is 2.73. The van der Waals surface area contributed by atoms with Crippen LogP contribution in [0.5, 0.6) is 0 Å². The lowest BCUT2D eigenvalue weighted by Crippen LogP contribution is -2.08. The molecule has 0 unspecified atom stereocenters. The summed E-state index contributed by atoms with van der Waals surface area (Å²) >= 11 is 5.84. The molecule has 0 saturated heterocycles. The van der Waals surface area contributed by atoms with Crippen molar-refractivity contribution in [1.29, 1.82) is 0 Å². The molecule has 0 spiro atoms. The molecule has 3 aromatic heterocycles. The Kier molecular flexibility index (Phi) is 2.41. The lowest BCUT2D eigenvalue weighted by molar-refractivity contribution is 1.05. The molecule has 0 aliphatic heterocycles. The van der Waals surface area contributed by atoms with Gasteiger partial charge in [0.15, 0.2) is 0 Å². The van der Waals surface area contributed by atoms with Gasteiger partial charge in [0.2, 0.25) is 0 Å². The molecular weight excluding hydrogens is 252 g/mol. The number of aromatic nitrogens is 4. The Bertz CT molecular complexity index is 790. The molecule has 0 fully saturated rings. The molecule has 3 aromatic rings. The van der Waals surface area contributed by atoms with Gasteiger partial charge in [-0.1, -0.05) is 11.6 Å². The summed E-state index contributed by atoms with van der Waals surface area (Å²) in [5.41, 5.74) is 2.07. The summed E-state index contributed by atoms with van der Waals surface area (Å²) in [6.07, 6.45) is 1.62. The molecule has 0 radical (unpaired) electrons. The second-order valence-corrected chi connectivity index (χ2v) is 4.35. The van der Waals surface area contributed by atoms with Crippen LogP contribution in [0.4, 0.5) is 0 Å². The van der Waals surface area contributed by atoms with Crippen LogP contribution in [0, 0.1) is 6.92 Å². The summed E-state index contributed by atoms with van der Waals surface area (Å²) in [6, 6.07) is 5.30. The van der Waals surface area contributed by atoms with Crippen LogP contribution >= 0.6 is 11.6 Å². The molecule has 0 aliphatic carbocycles. The van der Waals surface area contributed by atoms with Gasteiger partial charge in [0, 0.05) is 17.5 Å². The number of halogens is 1. The highest BCUT2D eigenvalue weighted by Crippen LogP contribution is 2.22. The highest BCUT2D eigenvalue weighted by Gasteiger charge is 2.08. The van der Waals surface area contributed by atoms with E-state index in [9.17, 15) is 4.79 Å². The van der Waals surface area contributed by atoms with Crippen LogP contribution in [0.15, 0.2) is 29.2 Å². The highest BCUT2D eigenvalue weighted by molar-refractivity contribution is 6.29. The smallest absolute Gasteiger partial charge is 0.260 e. The van der Waals surface area contributed by atoms with Crippen LogP contribution in [0.1, 0.15) is 5.82 Å². The lowest BCUT2D eigenvalue weighted by Gasteiger charge is -1.96. The van der Waals surface area contributed by atoms with Crippen molar-refractivity contribution in [3.05, 3.63) is 45.7 Å². The van der Waals surface area contributed by atoms with Gasteiger partial charge in [-0.2, -0.15) is 0 Å². The van der Waals surface area contributed by atoms with Crippen molar-refractivity contribution in [3.8, 4) is 11.3 Å². The van der Waals surface area contributed by atoms with Crippen molar-refractivity contribution in [2.45, 2.75) is 6.92 Å². The average molecular weight is 261 g/mol. The number of hydrogen-bond acceptors (Lipinski definition) is 3. The standard InChI is InChI=1S/C12H9ClN4O/c1-6-15-11-8(12(18)16-6)5-9(17-11)7-2-3-14-10(13)4-7/h2-5H,1H3,(H2,15,16,17,18). The molecular formula is C12H9ClN4O. The Hall–Kier alpha value is -2.14. The number of aromatic amines is 2. The van der Waals surface area contributed by atoms with Crippen LogP contribution in [0.25, 0.3) is 22.3 Å². The molecule has 0 saturated carbocycles. The van der Waals surface area contributed by atoms with E-state index in [2.05, 4.69) is 19.9 Å². The molecule has 6 heteroatoms. The normalized spacial score (nSPS) is 11.0. The predicted molar refractivity (Wildman–Crippen MR) is 69.7 cm³/mol. The lowest BCUT2D eigenvalue weighted by atomic mass is 10.2. The van der Waals surface area contributed by atoms with Crippen molar-refractivity contribution >= 4 is 22.6 Å². The second kappa shape index (κ2) is 3.96. The van der Waals surface area contributed by atoms with Crippen LogP contribution < -0.4 is 5.56 Å². The van der Waals surface area contributed by atoms with E-state index < -0.39 is 0 Å². The zero-order chi connectivity index (χ0) is 12.7.